The Labute approximate surface area is 79.8 Å². The van der Waals surface area contributed by atoms with E-state index in [0.29, 0.717) is 13.1 Å². The number of carbonyl (C=O) groups is 2. The van der Waals surface area contributed by atoms with Crippen molar-refractivity contribution in [2.75, 3.05) is 6.54 Å². The zero-order chi connectivity index (χ0) is 9.97. The molecule has 0 unspecified atom stereocenters. The second kappa shape index (κ2) is 3.49. The summed E-state index contributed by atoms with van der Waals surface area (Å²) in [7, 11) is 0. The number of H-pyrrole nitrogens is 1. The van der Waals surface area contributed by atoms with E-state index in [2.05, 4.69) is 14.9 Å². The Hall–Kier alpha value is -1.85. The predicted octanol–water partition coefficient (Wildman–Crippen LogP) is 0.0608. The highest BCUT2D eigenvalue weighted by Gasteiger charge is 2.23. The minimum atomic E-state index is -0.617. The summed E-state index contributed by atoms with van der Waals surface area (Å²) in [5.41, 5.74) is 1.94. The van der Waals surface area contributed by atoms with Gasteiger partial charge in [0.05, 0.1) is 12.2 Å². The molecule has 1 N–H and O–H groups in total. The molecule has 0 saturated carbocycles. The van der Waals surface area contributed by atoms with Gasteiger partial charge in [-0.25, -0.2) is 4.79 Å². The van der Waals surface area contributed by atoms with Crippen molar-refractivity contribution in [3.63, 3.8) is 0 Å². The van der Waals surface area contributed by atoms with Crippen molar-refractivity contribution in [3.8, 4) is 0 Å². The molecule has 1 aliphatic rings. The minimum absolute atomic E-state index is 0.141. The van der Waals surface area contributed by atoms with Crippen molar-refractivity contribution in [1.29, 1.82) is 0 Å². The Morgan fingerprint density at radius 1 is 1.71 bits per heavy atom. The van der Waals surface area contributed by atoms with Crippen LogP contribution in [0, 0.1) is 0 Å². The normalized spacial score (nSPS) is 14.7. The van der Waals surface area contributed by atoms with Gasteiger partial charge in [0.1, 0.15) is 0 Å². The van der Waals surface area contributed by atoms with Crippen LogP contribution in [0.15, 0.2) is 6.20 Å². The van der Waals surface area contributed by atoms with E-state index in [4.69, 9.17) is 0 Å². The van der Waals surface area contributed by atoms with Crippen LogP contribution in [0.3, 0.4) is 0 Å². The Balaban J connectivity index is 2.07. The van der Waals surface area contributed by atoms with Gasteiger partial charge < -0.3 is 9.64 Å². The van der Waals surface area contributed by atoms with Crippen molar-refractivity contribution in [2.24, 2.45) is 0 Å². The fraction of sp³-hybridized carbons (Fsp3) is 0.375. The van der Waals surface area contributed by atoms with Gasteiger partial charge in [-0.3, -0.25) is 9.89 Å². The van der Waals surface area contributed by atoms with Crippen LogP contribution in [0.25, 0.3) is 0 Å². The van der Waals surface area contributed by atoms with Crippen LogP contribution in [-0.4, -0.2) is 34.2 Å². The summed E-state index contributed by atoms with van der Waals surface area (Å²) < 4.78 is 4.24. The molecule has 0 bridgehead atoms. The van der Waals surface area contributed by atoms with Gasteiger partial charge in [-0.1, -0.05) is 0 Å². The second-order valence-electron chi connectivity index (χ2n) is 3.01. The molecule has 0 saturated heterocycles. The van der Waals surface area contributed by atoms with Gasteiger partial charge in [-0.2, -0.15) is 5.10 Å². The Bertz CT molecular complexity index is 360. The number of ether oxygens (including phenoxy) is 1. The molecule has 1 amide bonds. The first-order chi connectivity index (χ1) is 6.81. The predicted molar refractivity (Wildman–Crippen MR) is 45.2 cm³/mol. The van der Waals surface area contributed by atoms with Gasteiger partial charge in [0.15, 0.2) is 0 Å². The third-order valence-corrected chi connectivity index (χ3v) is 2.21. The fourth-order valence-corrected chi connectivity index (χ4v) is 1.48. The third kappa shape index (κ3) is 1.46. The molecule has 1 aliphatic heterocycles. The lowest BCUT2D eigenvalue weighted by Crippen LogP contribution is -2.36. The average Bonchev–Trinajstić information content (AvgIpc) is 2.64. The number of nitrogens with zero attached hydrogens (tertiary/aromatic N) is 2. The molecule has 74 valence electrons. The van der Waals surface area contributed by atoms with Crippen molar-refractivity contribution >= 4 is 12.6 Å². The summed E-state index contributed by atoms with van der Waals surface area (Å²) in [6.07, 6.45) is 1.94. The number of carbonyl (C=O) groups excluding carboxylic acids is 2. The first-order valence-corrected chi connectivity index (χ1v) is 4.22. The van der Waals surface area contributed by atoms with E-state index in [-0.39, 0.29) is 6.47 Å². The monoisotopic (exact) mass is 195 g/mol. The SMILES string of the molecule is O=COC(=O)N1CCc2c[nH]nc2C1. The molecule has 0 fully saturated rings. The zero-order valence-corrected chi connectivity index (χ0v) is 7.40. The first kappa shape index (κ1) is 8.74. The molecule has 1 aromatic heterocycles. The number of hydrogen-bond acceptors (Lipinski definition) is 4. The smallest absolute Gasteiger partial charge is 0.379 e. The highest BCUT2D eigenvalue weighted by Crippen LogP contribution is 2.16. The zero-order valence-electron chi connectivity index (χ0n) is 7.40. The molecule has 2 rings (SSSR count). The van der Waals surface area contributed by atoms with E-state index in [1.165, 1.54) is 4.90 Å². The summed E-state index contributed by atoms with van der Waals surface area (Å²) in [6.45, 7) is 1.09. The molecule has 14 heavy (non-hydrogen) atoms. The molecule has 6 nitrogen and oxygen atoms in total. The van der Waals surface area contributed by atoms with Crippen molar-refractivity contribution in [3.05, 3.63) is 17.5 Å². The molecule has 2 heterocycles. The standard InChI is InChI=1S/C8H9N3O3/c12-5-14-8(13)11-2-1-6-3-9-10-7(6)4-11/h3,5H,1-2,4H2,(H,9,10). The maximum atomic E-state index is 11.2. The van der Waals surface area contributed by atoms with Crippen LogP contribution in [0.4, 0.5) is 4.79 Å². The minimum Gasteiger partial charge on any atom is -0.379 e. The van der Waals surface area contributed by atoms with E-state index >= 15 is 0 Å². The molecule has 6 heteroatoms. The highest BCUT2D eigenvalue weighted by atomic mass is 16.6. The number of aromatic amines is 1. The van der Waals surface area contributed by atoms with Crippen LogP contribution >= 0.6 is 0 Å². The molecule has 0 spiro atoms. The van der Waals surface area contributed by atoms with E-state index < -0.39 is 6.09 Å². The lowest BCUT2D eigenvalue weighted by molar-refractivity contribution is -0.124. The topological polar surface area (TPSA) is 75.3 Å². The van der Waals surface area contributed by atoms with E-state index in [1.54, 1.807) is 0 Å². The van der Waals surface area contributed by atoms with Gasteiger partial charge in [0.25, 0.3) is 0 Å². The van der Waals surface area contributed by atoms with Crippen LogP contribution in [0.1, 0.15) is 11.3 Å². The van der Waals surface area contributed by atoms with Crippen LogP contribution in [0.5, 0.6) is 0 Å². The van der Waals surface area contributed by atoms with Crippen molar-refractivity contribution in [2.45, 2.75) is 13.0 Å². The van der Waals surface area contributed by atoms with Crippen LogP contribution in [-0.2, 0) is 22.5 Å². The number of rotatable bonds is 1. The quantitative estimate of drug-likeness (QED) is 0.508. The summed E-state index contributed by atoms with van der Waals surface area (Å²) in [4.78, 5) is 22.6. The first-order valence-electron chi connectivity index (χ1n) is 4.22. The van der Waals surface area contributed by atoms with E-state index in [9.17, 15) is 9.59 Å². The summed E-state index contributed by atoms with van der Waals surface area (Å²) in [6, 6.07) is 0. The second-order valence-corrected chi connectivity index (χ2v) is 3.01. The van der Waals surface area contributed by atoms with Crippen LogP contribution < -0.4 is 0 Å². The van der Waals surface area contributed by atoms with Crippen LogP contribution in [0.2, 0.25) is 0 Å². The van der Waals surface area contributed by atoms with Crippen molar-refractivity contribution < 1.29 is 14.3 Å². The van der Waals surface area contributed by atoms with E-state index in [0.717, 1.165) is 17.7 Å². The molecule has 1 aromatic rings. The lowest BCUT2D eigenvalue weighted by Gasteiger charge is -2.23. The maximum absolute atomic E-state index is 11.2. The molecular weight excluding hydrogens is 186 g/mol. The summed E-state index contributed by atoms with van der Waals surface area (Å²) in [5, 5.41) is 6.72. The summed E-state index contributed by atoms with van der Waals surface area (Å²) in [5.74, 6) is 0. The lowest BCUT2D eigenvalue weighted by atomic mass is 10.1. The molecule has 0 radical (unpaired) electrons. The Morgan fingerprint density at radius 3 is 3.36 bits per heavy atom. The molecule has 0 atom stereocenters. The molecule has 0 aromatic carbocycles. The fourth-order valence-electron chi connectivity index (χ4n) is 1.48. The van der Waals surface area contributed by atoms with Gasteiger partial charge in [0, 0.05) is 12.7 Å². The number of nitrogens with one attached hydrogen (secondary N) is 1. The number of amides is 1. The van der Waals surface area contributed by atoms with Gasteiger partial charge >= 0.3 is 12.6 Å². The van der Waals surface area contributed by atoms with Gasteiger partial charge in [0.2, 0.25) is 0 Å². The van der Waals surface area contributed by atoms with E-state index in [1.807, 2.05) is 6.20 Å². The highest BCUT2D eigenvalue weighted by molar-refractivity contribution is 5.75. The number of hydrogen-bond donors (Lipinski definition) is 1. The number of fused-ring (bicyclic) bond motifs is 1. The third-order valence-electron chi connectivity index (χ3n) is 2.21. The Kier molecular flexibility index (Phi) is 2.18. The van der Waals surface area contributed by atoms with Gasteiger partial charge in [-0.15, -0.1) is 0 Å². The molecular formula is C8H9N3O3. The number of aromatic nitrogens is 2. The average molecular weight is 195 g/mol. The van der Waals surface area contributed by atoms with Gasteiger partial charge in [-0.05, 0) is 12.0 Å². The van der Waals surface area contributed by atoms with Crippen molar-refractivity contribution in [1.82, 2.24) is 15.1 Å². The molecule has 0 aliphatic carbocycles. The maximum Gasteiger partial charge on any atom is 0.417 e. The Morgan fingerprint density at radius 2 is 2.57 bits per heavy atom. The summed E-state index contributed by atoms with van der Waals surface area (Å²) >= 11 is 0. The largest absolute Gasteiger partial charge is 0.417 e.